The van der Waals surface area contributed by atoms with Gasteiger partial charge in [-0.25, -0.2) is 0 Å². The first-order valence-corrected chi connectivity index (χ1v) is 30.8. The van der Waals surface area contributed by atoms with Crippen LogP contribution in [0, 0.1) is 0 Å². The molecule has 0 bridgehead atoms. The summed E-state index contributed by atoms with van der Waals surface area (Å²) < 4.78 is 16.8. The average molecular weight is 1050 g/mol. The largest absolute Gasteiger partial charge is 0.462 e. The lowest BCUT2D eigenvalue weighted by Gasteiger charge is -2.18. The molecule has 76 heavy (non-hydrogen) atoms. The van der Waals surface area contributed by atoms with Crippen LogP contribution in [0.25, 0.3) is 0 Å². The van der Waals surface area contributed by atoms with Crippen molar-refractivity contribution in [1.82, 2.24) is 0 Å². The third kappa shape index (κ3) is 60.2. The molecule has 0 aliphatic rings. The first-order valence-electron chi connectivity index (χ1n) is 30.8. The van der Waals surface area contributed by atoms with Crippen LogP contribution in [-0.4, -0.2) is 37.2 Å². The predicted molar refractivity (Wildman–Crippen MR) is 329 cm³/mol. The minimum absolute atomic E-state index is 0.108. The maximum atomic E-state index is 12.9. The summed E-state index contributed by atoms with van der Waals surface area (Å²) >= 11 is 0. The molecule has 0 aliphatic heterocycles. The molecule has 1 atom stereocenters. The Morgan fingerprint density at radius 2 is 0.526 bits per heavy atom. The molecule has 0 rings (SSSR count). The van der Waals surface area contributed by atoms with E-state index in [1.165, 1.54) is 70.6 Å². The van der Waals surface area contributed by atoms with Crippen LogP contribution < -0.4 is 0 Å². The van der Waals surface area contributed by atoms with Crippen molar-refractivity contribution < 1.29 is 28.6 Å². The van der Waals surface area contributed by atoms with Crippen LogP contribution in [-0.2, 0) is 28.6 Å². The maximum absolute atomic E-state index is 12.9. The zero-order valence-electron chi connectivity index (χ0n) is 49.0. The summed E-state index contributed by atoms with van der Waals surface area (Å²) in [5, 5.41) is 0. The molecule has 428 valence electrons. The van der Waals surface area contributed by atoms with E-state index in [-0.39, 0.29) is 31.1 Å². The fraction of sp³-hybridized carbons (Fsp3) is 0.614. The van der Waals surface area contributed by atoms with E-state index in [2.05, 4.69) is 167 Å². The SMILES string of the molecule is CC/C=C\C/C=C\C/C=C\C/C=C\C/C=C\C/C=C\C/C=C\C/C=C\CCCCC(=O)OCC(COC(=O)CCCCCCC/C=C\C/C=C\CCCC)OC(=O)CCCCCCCCC/C=C\C/C=C\CCCCC. The molecule has 0 spiro atoms. The van der Waals surface area contributed by atoms with Gasteiger partial charge in [0.1, 0.15) is 13.2 Å². The lowest BCUT2D eigenvalue weighted by atomic mass is 10.1. The van der Waals surface area contributed by atoms with Gasteiger partial charge in [-0.2, -0.15) is 0 Å². The molecule has 0 saturated heterocycles. The molecule has 0 aliphatic carbocycles. The van der Waals surface area contributed by atoms with Crippen molar-refractivity contribution in [3.05, 3.63) is 146 Å². The van der Waals surface area contributed by atoms with E-state index in [0.29, 0.717) is 25.7 Å². The Hall–Kier alpha value is -4.71. The summed E-state index contributed by atoms with van der Waals surface area (Å²) in [4.78, 5) is 38.2. The van der Waals surface area contributed by atoms with Gasteiger partial charge in [0, 0.05) is 19.3 Å². The zero-order chi connectivity index (χ0) is 55.0. The van der Waals surface area contributed by atoms with Crippen LogP contribution in [0.2, 0.25) is 0 Å². The smallest absolute Gasteiger partial charge is 0.306 e. The number of esters is 3. The number of rotatable bonds is 54. The fourth-order valence-corrected chi connectivity index (χ4v) is 7.92. The van der Waals surface area contributed by atoms with E-state index in [9.17, 15) is 14.4 Å². The van der Waals surface area contributed by atoms with E-state index in [4.69, 9.17) is 14.2 Å². The molecule has 6 nitrogen and oxygen atoms in total. The molecule has 0 heterocycles. The van der Waals surface area contributed by atoms with Crippen LogP contribution in [0.5, 0.6) is 0 Å². The van der Waals surface area contributed by atoms with E-state index in [1.54, 1.807) is 0 Å². The molecule has 1 unspecified atom stereocenters. The van der Waals surface area contributed by atoms with Gasteiger partial charge in [-0.15, -0.1) is 0 Å². The van der Waals surface area contributed by atoms with Gasteiger partial charge < -0.3 is 14.2 Å². The Kier molecular flexibility index (Phi) is 58.9. The minimum atomic E-state index is -0.813. The summed E-state index contributed by atoms with van der Waals surface area (Å²) in [6.45, 7) is 6.40. The van der Waals surface area contributed by atoms with Gasteiger partial charge in [-0.3, -0.25) is 14.4 Å². The van der Waals surface area contributed by atoms with Crippen LogP contribution in [0.3, 0.4) is 0 Å². The highest BCUT2D eigenvalue weighted by Crippen LogP contribution is 2.14. The number of ether oxygens (including phenoxy) is 3. The molecular weight excluding hydrogens is 937 g/mol. The first-order chi connectivity index (χ1) is 37.5. The molecule has 0 saturated carbocycles. The van der Waals surface area contributed by atoms with Crippen molar-refractivity contribution in [2.24, 2.45) is 0 Å². The molecule has 0 aromatic carbocycles. The second kappa shape index (κ2) is 62.8. The number of hydrogen-bond donors (Lipinski definition) is 0. The zero-order valence-corrected chi connectivity index (χ0v) is 49.0. The molecule has 0 aromatic rings. The van der Waals surface area contributed by atoms with Gasteiger partial charge in [0.05, 0.1) is 0 Å². The number of allylic oxidation sites excluding steroid dienone is 24. The van der Waals surface area contributed by atoms with Crippen LogP contribution in [0.1, 0.15) is 258 Å². The molecule has 0 radical (unpaired) electrons. The quantitative estimate of drug-likeness (QED) is 0.0261. The number of carbonyl (C=O) groups excluding carboxylic acids is 3. The molecule has 0 amide bonds. The van der Waals surface area contributed by atoms with E-state index in [1.807, 2.05) is 0 Å². The number of hydrogen-bond acceptors (Lipinski definition) is 6. The highest BCUT2D eigenvalue weighted by Gasteiger charge is 2.19. The third-order valence-corrected chi connectivity index (χ3v) is 12.5. The fourth-order valence-electron chi connectivity index (χ4n) is 7.92. The molecular formula is C70H112O6. The van der Waals surface area contributed by atoms with Crippen molar-refractivity contribution in [3.8, 4) is 0 Å². The Morgan fingerprint density at radius 1 is 0.276 bits per heavy atom. The average Bonchev–Trinajstić information content (AvgIpc) is 3.42. The van der Waals surface area contributed by atoms with Crippen molar-refractivity contribution in [3.63, 3.8) is 0 Å². The Balaban J connectivity index is 4.48. The summed E-state index contributed by atoms with van der Waals surface area (Å²) in [5.41, 5.74) is 0. The van der Waals surface area contributed by atoms with Gasteiger partial charge in [-0.05, 0) is 141 Å². The third-order valence-electron chi connectivity index (χ3n) is 12.5. The number of unbranched alkanes of at least 4 members (excludes halogenated alkanes) is 19. The molecule has 0 fully saturated rings. The normalized spacial score (nSPS) is 13.1. The van der Waals surface area contributed by atoms with Crippen LogP contribution in [0.15, 0.2) is 146 Å². The number of carbonyl (C=O) groups is 3. The first kappa shape index (κ1) is 71.3. The second-order valence-electron chi connectivity index (χ2n) is 19.9. The van der Waals surface area contributed by atoms with E-state index in [0.717, 1.165) is 141 Å². The van der Waals surface area contributed by atoms with Gasteiger partial charge in [0.25, 0.3) is 0 Å². The summed E-state index contributed by atoms with van der Waals surface area (Å²) in [5.74, 6) is -0.977. The predicted octanol–water partition coefficient (Wildman–Crippen LogP) is 21.2. The highest BCUT2D eigenvalue weighted by molar-refractivity contribution is 5.71. The lowest BCUT2D eigenvalue weighted by Crippen LogP contribution is -2.30. The molecule has 0 aromatic heterocycles. The van der Waals surface area contributed by atoms with Gasteiger partial charge >= 0.3 is 17.9 Å². The molecule has 0 N–H and O–H groups in total. The van der Waals surface area contributed by atoms with Crippen LogP contribution in [0.4, 0.5) is 0 Å². The van der Waals surface area contributed by atoms with Gasteiger partial charge in [0.2, 0.25) is 0 Å². The topological polar surface area (TPSA) is 78.9 Å². The summed E-state index contributed by atoms with van der Waals surface area (Å²) in [6, 6.07) is 0. The van der Waals surface area contributed by atoms with Crippen LogP contribution >= 0.6 is 0 Å². The lowest BCUT2D eigenvalue weighted by molar-refractivity contribution is -0.167. The monoisotopic (exact) mass is 1050 g/mol. The summed E-state index contributed by atoms with van der Waals surface area (Å²) in [7, 11) is 0. The Bertz CT molecular complexity index is 1680. The molecule has 6 heteroatoms. The van der Waals surface area contributed by atoms with Crippen molar-refractivity contribution >= 4 is 17.9 Å². The van der Waals surface area contributed by atoms with Crippen molar-refractivity contribution in [2.75, 3.05) is 13.2 Å². The van der Waals surface area contributed by atoms with Gasteiger partial charge in [0.15, 0.2) is 6.10 Å². The Labute approximate surface area is 467 Å². The standard InChI is InChI=1S/C70H112O6/c1-4-7-10-13-16-19-22-25-28-30-31-32-33-34-35-36-37-38-39-41-42-45-48-51-54-57-60-63-69(72)75-66-67(65-74-68(71)62-59-56-53-50-47-44-27-24-21-18-15-12-9-6-3)76-70(73)64-61-58-55-52-49-46-43-40-29-26-23-20-17-14-11-8-5-2/h7,10,15-20,24-29,31-32,34-35,37-38,41-42,48,51,67H,4-6,8-9,11-14,21-23,30,33,36,39-40,43-47,49-50,52-66H2,1-3H3/b10-7-,18-15-,19-16-,20-17-,27-24-,28-25-,29-26-,32-31-,35-34-,38-37-,42-41-,51-48-. The van der Waals surface area contributed by atoms with Crippen molar-refractivity contribution in [1.29, 1.82) is 0 Å². The van der Waals surface area contributed by atoms with Crippen molar-refractivity contribution in [2.45, 2.75) is 264 Å². The van der Waals surface area contributed by atoms with E-state index < -0.39 is 6.10 Å². The maximum Gasteiger partial charge on any atom is 0.306 e. The Morgan fingerprint density at radius 3 is 0.868 bits per heavy atom. The minimum Gasteiger partial charge on any atom is -0.462 e. The van der Waals surface area contributed by atoms with E-state index >= 15 is 0 Å². The van der Waals surface area contributed by atoms with Gasteiger partial charge in [-0.1, -0.05) is 244 Å². The second-order valence-corrected chi connectivity index (χ2v) is 19.9. The summed E-state index contributed by atoms with van der Waals surface area (Å²) in [6.07, 6.45) is 89.8. The highest BCUT2D eigenvalue weighted by atomic mass is 16.6.